The maximum atomic E-state index is 14.4. The lowest BCUT2D eigenvalue weighted by Gasteiger charge is -2.29. The van der Waals surface area contributed by atoms with Gasteiger partial charge in [0, 0.05) is 17.7 Å². The van der Waals surface area contributed by atoms with Gasteiger partial charge in [0.15, 0.2) is 0 Å². The summed E-state index contributed by atoms with van der Waals surface area (Å²) in [6.45, 7) is 3.75. The summed E-state index contributed by atoms with van der Waals surface area (Å²) in [5, 5.41) is 3.04. The number of hydrogen-bond donors (Lipinski definition) is 1. The number of halogens is 1. The van der Waals surface area contributed by atoms with E-state index in [2.05, 4.69) is 10.2 Å². The van der Waals surface area contributed by atoms with Crippen molar-refractivity contribution < 1.29 is 13.9 Å². The van der Waals surface area contributed by atoms with Gasteiger partial charge in [-0.3, -0.25) is 4.90 Å². The highest BCUT2D eigenvalue weighted by molar-refractivity contribution is 5.74. The van der Waals surface area contributed by atoms with E-state index in [1.165, 1.54) is 6.07 Å². The zero-order valence-electron chi connectivity index (χ0n) is 15.9. The van der Waals surface area contributed by atoms with Crippen molar-refractivity contribution in [1.82, 2.24) is 15.1 Å². The van der Waals surface area contributed by atoms with Crippen LogP contribution in [0.15, 0.2) is 48.5 Å². The fourth-order valence-electron chi connectivity index (χ4n) is 4.03. The Morgan fingerprint density at radius 1 is 1.07 bits per heavy atom. The fourth-order valence-corrected chi connectivity index (χ4v) is 4.03. The van der Waals surface area contributed by atoms with Crippen molar-refractivity contribution in [3.63, 3.8) is 0 Å². The minimum absolute atomic E-state index is 0.138. The van der Waals surface area contributed by atoms with Crippen LogP contribution >= 0.6 is 0 Å². The van der Waals surface area contributed by atoms with Gasteiger partial charge in [-0.05, 0) is 38.1 Å². The zero-order valence-corrected chi connectivity index (χ0v) is 15.9. The van der Waals surface area contributed by atoms with Gasteiger partial charge in [-0.25, -0.2) is 9.18 Å². The fraction of sp³-hybridized carbons (Fsp3) is 0.409. The summed E-state index contributed by atoms with van der Waals surface area (Å²) in [6, 6.07) is 14.4. The standard InChI is InChI=1S/C22H26FN3O2/c23-19-9-3-2-8-18(19)20(25-11-5-6-12-25)15-24-22(27)26-13-14-28-21-10-4-1-7-17(21)16-26/h1-4,7-10,20H,5-6,11-16H2,(H,24,27)/t20-/m0/s1. The van der Waals surface area contributed by atoms with Crippen LogP contribution in [0.3, 0.4) is 0 Å². The number of fused-ring (bicyclic) bond motifs is 1. The number of urea groups is 1. The number of rotatable bonds is 4. The Kier molecular flexibility index (Phi) is 5.76. The molecule has 2 aromatic carbocycles. The molecule has 148 valence electrons. The number of amides is 2. The van der Waals surface area contributed by atoms with E-state index in [9.17, 15) is 9.18 Å². The number of nitrogens with one attached hydrogen (secondary N) is 1. The van der Waals surface area contributed by atoms with Gasteiger partial charge in [0.05, 0.1) is 19.1 Å². The van der Waals surface area contributed by atoms with Crippen LogP contribution < -0.4 is 10.1 Å². The van der Waals surface area contributed by atoms with Crippen molar-refractivity contribution in [1.29, 1.82) is 0 Å². The first-order chi connectivity index (χ1) is 13.7. The van der Waals surface area contributed by atoms with Gasteiger partial charge in [-0.1, -0.05) is 36.4 Å². The zero-order chi connectivity index (χ0) is 19.3. The Morgan fingerprint density at radius 3 is 2.64 bits per heavy atom. The molecule has 2 aliphatic rings. The van der Waals surface area contributed by atoms with Crippen LogP contribution in [-0.2, 0) is 6.54 Å². The second kappa shape index (κ2) is 8.61. The molecule has 2 amide bonds. The first kappa shape index (κ1) is 18.7. The third kappa shape index (κ3) is 4.12. The number of carbonyl (C=O) groups excluding carboxylic acids is 1. The highest BCUT2D eigenvalue weighted by atomic mass is 19.1. The Labute approximate surface area is 165 Å². The van der Waals surface area contributed by atoms with Crippen LogP contribution in [0.1, 0.15) is 30.0 Å². The average molecular weight is 383 g/mol. The molecule has 4 rings (SSSR count). The number of para-hydroxylation sites is 1. The molecule has 0 radical (unpaired) electrons. The molecule has 1 atom stereocenters. The number of benzene rings is 2. The topological polar surface area (TPSA) is 44.8 Å². The number of ether oxygens (including phenoxy) is 1. The molecule has 1 fully saturated rings. The van der Waals surface area contributed by atoms with Gasteiger partial charge in [0.2, 0.25) is 0 Å². The Morgan fingerprint density at radius 2 is 1.82 bits per heavy atom. The van der Waals surface area contributed by atoms with E-state index < -0.39 is 0 Å². The molecule has 0 saturated carbocycles. The van der Waals surface area contributed by atoms with E-state index in [0.717, 1.165) is 37.2 Å². The first-order valence-electron chi connectivity index (χ1n) is 9.94. The van der Waals surface area contributed by atoms with E-state index in [0.29, 0.717) is 31.8 Å². The largest absolute Gasteiger partial charge is 0.491 e. The van der Waals surface area contributed by atoms with Crippen LogP contribution in [0.2, 0.25) is 0 Å². The molecule has 2 heterocycles. The first-order valence-corrected chi connectivity index (χ1v) is 9.94. The number of hydrogen-bond acceptors (Lipinski definition) is 3. The number of carbonyl (C=O) groups is 1. The minimum Gasteiger partial charge on any atom is -0.491 e. The molecule has 0 bridgehead atoms. The predicted octanol–water partition coefficient (Wildman–Crippen LogP) is 3.57. The molecule has 0 aromatic heterocycles. The third-order valence-electron chi connectivity index (χ3n) is 5.53. The van der Waals surface area contributed by atoms with Crippen molar-refractivity contribution in [2.24, 2.45) is 0 Å². The summed E-state index contributed by atoms with van der Waals surface area (Å²) in [6.07, 6.45) is 2.22. The Balaban J connectivity index is 1.45. The predicted molar refractivity (Wildman–Crippen MR) is 106 cm³/mol. The summed E-state index contributed by atoms with van der Waals surface area (Å²) in [7, 11) is 0. The maximum absolute atomic E-state index is 14.4. The van der Waals surface area contributed by atoms with Crippen LogP contribution in [0.4, 0.5) is 9.18 Å². The molecule has 0 unspecified atom stereocenters. The van der Waals surface area contributed by atoms with Crippen LogP contribution in [0.25, 0.3) is 0 Å². The van der Waals surface area contributed by atoms with E-state index in [1.807, 2.05) is 36.4 Å². The van der Waals surface area contributed by atoms with Crippen molar-refractivity contribution in [3.8, 4) is 5.75 Å². The second-order valence-corrected chi connectivity index (χ2v) is 7.34. The molecule has 1 saturated heterocycles. The molecule has 0 aliphatic carbocycles. The molecule has 6 heteroatoms. The SMILES string of the molecule is O=C(NC[C@@H](c1ccccc1F)N1CCCC1)N1CCOc2ccccc2C1. The van der Waals surface area contributed by atoms with Gasteiger partial charge in [0.1, 0.15) is 18.2 Å². The molecule has 5 nitrogen and oxygen atoms in total. The van der Waals surface area contributed by atoms with Crippen LogP contribution in [0.5, 0.6) is 5.75 Å². The van der Waals surface area contributed by atoms with E-state index in [4.69, 9.17) is 4.74 Å². The van der Waals surface area contributed by atoms with Crippen molar-refractivity contribution in [2.45, 2.75) is 25.4 Å². The van der Waals surface area contributed by atoms with Crippen molar-refractivity contribution in [3.05, 3.63) is 65.5 Å². The summed E-state index contributed by atoms with van der Waals surface area (Å²) >= 11 is 0. The molecular formula is C22H26FN3O2. The van der Waals surface area contributed by atoms with Gasteiger partial charge in [-0.2, -0.15) is 0 Å². The van der Waals surface area contributed by atoms with E-state index in [-0.39, 0.29) is 17.9 Å². The minimum atomic E-state index is -0.217. The molecule has 2 aliphatic heterocycles. The maximum Gasteiger partial charge on any atom is 0.317 e. The van der Waals surface area contributed by atoms with Crippen LogP contribution in [-0.4, -0.2) is 48.6 Å². The number of nitrogens with zero attached hydrogens (tertiary/aromatic N) is 2. The molecule has 2 aromatic rings. The molecular weight excluding hydrogens is 357 g/mol. The van der Waals surface area contributed by atoms with Gasteiger partial charge < -0.3 is 15.0 Å². The second-order valence-electron chi connectivity index (χ2n) is 7.34. The van der Waals surface area contributed by atoms with Gasteiger partial charge >= 0.3 is 6.03 Å². The van der Waals surface area contributed by atoms with Crippen molar-refractivity contribution >= 4 is 6.03 Å². The van der Waals surface area contributed by atoms with Gasteiger partial charge in [-0.15, -0.1) is 0 Å². The van der Waals surface area contributed by atoms with E-state index in [1.54, 1.807) is 11.0 Å². The third-order valence-corrected chi connectivity index (χ3v) is 5.53. The molecule has 28 heavy (non-hydrogen) atoms. The summed E-state index contributed by atoms with van der Waals surface area (Å²) in [5.41, 5.74) is 1.65. The Bertz CT molecular complexity index is 823. The monoisotopic (exact) mass is 383 g/mol. The van der Waals surface area contributed by atoms with Gasteiger partial charge in [0.25, 0.3) is 0 Å². The summed E-state index contributed by atoms with van der Waals surface area (Å²) < 4.78 is 20.2. The molecule has 0 spiro atoms. The normalized spacial score (nSPS) is 18.1. The lowest BCUT2D eigenvalue weighted by molar-refractivity contribution is 0.179. The highest BCUT2D eigenvalue weighted by Crippen LogP contribution is 2.27. The lowest BCUT2D eigenvalue weighted by atomic mass is 10.0. The number of likely N-dealkylation sites (tertiary alicyclic amines) is 1. The highest BCUT2D eigenvalue weighted by Gasteiger charge is 2.27. The molecule has 1 N–H and O–H groups in total. The quantitative estimate of drug-likeness (QED) is 0.878. The summed E-state index contributed by atoms with van der Waals surface area (Å²) in [5.74, 6) is 0.616. The Hall–Kier alpha value is -2.60. The lowest BCUT2D eigenvalue weighted by Crippen LogP contribution is -2.44. The smallest absolute Gasteiger partial charge is 0.317 e. The van der Waals surface area contributed by atoms with Crippen LogP contribution in [0, 0.1) is 5.82 Å². The van der Waals surface area contributed by atoms with E-state index >= 15 is 0 Å². The van der Waals surface area contributed by atoms with Crippen molar-refractivity contribution in [2.75, 3.05) is 32.8 Å². The average Bonchev–Trinajstić information content (AvgIpc) is 3.15. The summed E-state index contributed by atoms with van der Waals surface area (Å²) in [4.78, 5) is 16.9.